The summed E-state index contributed by atoms with van der Waals surface area (Å²) in [4.78, 5) is 0. The minimum absolute atomic E-state index is 0.248. The second-order valence-corrected chi connectivity index (χ2v) is 5.12. The van der Waals surface area contributed by atoms with Crippen molar-refractivity contribution in [2.24, 2.45) is 0 Å². The highest BCUT2D eigenvalue weighted by molar-refractivity contribution is 6.32. The lowest BCUT2D eigenvalue weighted by Crippen LogP contribution is -1.98. The fourth-order valence-electron chi connectivity index (χ4n) is 2.11. The first kappa shape index (κ1) is 14.9. The molecule has 116 valence electrons. The van der Waals surface area contributed by atoms with Crippen molar-refractivity contribution in [1.82, 2.24) is 0 Å². The zero-order valence-electron chi connectivity index (χ0n) is 11.5. The third kappa shape index (κ3) is 3.10. The van der Waals surface area contributed by atoms with Crippen LogP contribution in [0.2, 0.25) is 5.02 Å². The van der Waals surface area contributed by atoms with E-state index in [9.17, 15) is 5.21 Å². The lowest BCUT2D eigenvalue weighted by Gasteiger charge is -2.15. The topological polar surface area (TPSA) is 88.8 Å². The SMILES string of the molecule is Nc1ccc(Oc2ccc(C3OCCO3)cc2Cl)cc1N[O-]. The molecule has 22 heavy (non-hydrogen) atoms. The van der Waals surface area contributed by atoms with Gasteiger partial charge in [-0.1, -0.05) is 17.7 Å². The summed E-state index contributed by atoms with van der Waals surface area (Å²) in [5.41, 5.74) is 8.82. The second kappa shape index (κ2) is 6.41. The molecular weight excluding hydrogens is 308 g/mol. The molecule has 6 nitrogen and oxygen atoms in total. The number of nitrogens with two attached hydrogens (primary N) is 1. The van der Waals surface area contributed by atoms with Crippen molar-refractivity contribution in [3.05, 3.63) is 52.2 Å². The van der Waals surface area contributed by atoms with Crippen molar-refractivity contribution in [2.75, 3.05) is 24.4 Å². The van der Waals surface area contributed by atoms with Crippen LogP contribution in [0.15, 0.2) is 36.4 Å². The van der Waals surface area contributed by atoms with E-state index in [0.29, 0.717) is 35.4 Å². The molecule has 0 saturated carbocycles. The smallest absolute Gasteiger partial charge is 0.184 e. The molecule has 1 aliphatic heterocycles. The highest BCUT2D eigenvalue weighted by atomic mass is 35.5. The number of hydrogen-bond acceptors (Lipinski definition) is 6. The average molecular weight is 322 g/mol. The third-order valence-corrected chi connectivity index (χ3v) is 3.51. The van der Waals surface area contributed by atoms with Gasteiger partial charge in [0, 0.05) is 11.6 Å². The van der Waals surface area contributed by atoms with Crippen molar-refractivity contribution in [2.45, 2.75) is 6.29 Å². The van der Waals surface area contributed by atoms with E-state index >= 15 is 0 Å². The number of nitrogen functional groups attached to an aromatic ring is 1. The van der Waals surface area contributed by atoms with E-state index in [1.54, 1.807) is 29.7 Å². The van der Waals surface area contributed by atoms with Gasteiger partial charge in [0.05, 0.1) is 29.6 Å². The Labute approximate surface area is 132 Å². The van der Waals surface area contributed by atoms with Crippen LogP contribution in [-0.4, -0.2) is 13.2 Å². The molecule has 0 amide bonds. The number of ether oxygens (including phenoxy) is 3. The molecule has 0 atom stereocenters. The molecule has 3 rings (SSSR count). The van der Waals surface area contributed by atoms with Crippen molar-refractivity contribution >= 4 is 23.0 Å². The van der Waals surface area contributed by atoms with Gasteiger partial charge in [-0.25, -0.2) is 0 Å². The van der Waals surface area contributed by atoms with Crippen molar-refractivity contribution in [1.29, 1.82) is 0 Å². The summed E-state index contributed by atoms with van der Waals surface area (Å²) >= 11 is 6.22. The minimum Gasteiger partial charge on any atom is -0.761 e. The Balaban J connectivity index is 1.80. The van der Waals surface area contributed by atoms with Gasteiger partial charge in [0.2, 0.25) is 0 Å². The summed E-state index contributed by atoms with van der Waals surface area (Å²) < 4.78 is 16.5. The van der Waals surface area contributed by atoms with Crippen LogP contribution in [0.5, 0.6) is 11.5 Å². The predicted molar refractivity (Wildman–Crippen MR) is 84.0 cm³/mol. The molecule has 0 unspecified atom stereocenters. The standard InChI is InChI=1S/C15H14ClN2O4/c16-11-7-9(15-20-5-6-21-15)1-4-14(11)22-10-2-3-12(17)13(8-10)18-19/h1-4,7-8,15,18H,5-6,17H2/q-1. The van der Waals surface area contributed by atoms with E-state index in [4.69, 9.17) is 31.5 Å². The molecule has 1 aliphatic rings. The molecule has 0 radical (unpaired) electrons. The maximum Gasteiger partial charge on any atom is 0.184 e. The number of nitrogens with one attached hydrogen (secondary N) is 1. The van der Waals surface area contributed by atoms with E-state index in [-0.39, 0.29) is 12.0 Å². The monoisotopic (exact) mass is 321 g/mol. The summed E-state index contributed by atoms with van der Waals surface area (Å²) in [5.74, 6) is 0.917. The Morgan fingerprint density at radius 3 is 2.64 bits per heavy atom. The molecule has 1 heterocycles. The molecule has 1 fully saturated rings. The summed E-state index contributed by atoms with van der Waals surface area (Å²) in [6, 6.07) is 10.0. The van der Waals surface area contributed by atoms with E-state index in [2.05, 4.69) is 0 Å². The lowest BCUT2D eigenvalue weighted by atomic mass is 10.2. The van der Waals surface area contributed by atoms with E-state index in [1.165, 1.54) is 6.07 Å². The largest absolute Gasteiger partial charge is 0.761 e. The Morgan fingerprint density at radius 2 is 1.95 bits per heavy atom. The number of halogens is 1. The molecular formula is C15H14ClN2O4-. The Morgan fingerprint density at radius 1 is 1.18 bits per heavy atom. The van der Waals surface area contributed by atoms with Crippen LogP contribution in [-0.2, 0) is 9.47 Å². The summed E-state index contributed by atoms with van der Waals surface area (Å²) in [5, 5.41) is 11.2. The summed E-state index contributed by atoms with van der Waals surface area (Å²) in [6.07, 6.45) is -0.390. The molecule has 2 aromatic rings. The van der Waals surface area contributed by atoms with E-state index in [0.717, 1.165) is 5.56 Å². The van der Waals surface area contributed by atoms with E-state index in [1.807, 2.05) is 6.07 Å². The first-order valence-electron chi connectivity index (χ1n) is 6.65. The van der Waals surface area contributed by atoms with Crippen molar-refractivity contribution < 1.29 is 14.2 Å². The number of anilines is 2. The fourth-order valence-corrected chi connectivity index (χ4v) is 2.34. The average Bonchev–Trinajstić information content (AvgIpc) is 3.05. The molecule has 3 N–H and O–H groups in total. The highest BCUT2D eigenvalue weighted by Crippen LogP contribution is 2.35. The summed E-state index contributed by atoms with van der Waals surface area (Å²) in [6.45, 7) is 1.13. The lowest BCUT2D eigenvalue weighted by molar-refractivity contribution is -0.0441. The molecule has 7 heteroatoms. The zero-order chi connectivity index (χ0) is 15.5. The summed E-state index contributed by atoms with van der Waals surface area (Å²) in [7, 11) is 0. The van der Waals surface area contributed by atoms with Crippen LogP contribution in [0.4, 0.5) is 11.4 Å². The van der Waals surface area contributed by atoms with Gasteiger partial charge in [-0.3, -0.25) is 0 Å². The fraction of sp³-hybridized carbons (Fsp3) is 0.200. The first-order valence-corrected chi connectivity index (χ1v) is 7.03. The molecule has 0 spiro atoms. The van der Waals surface area contributed by atoms with Gasteiger partial charge in [0.1, 0.15) is 11.5 Å². The molecule has 0 aliphatic carbocycles. The van der Waals surface area contributed by atoms with Gasteiger partial charge in [-0.05, 0) is 24.3 Å². The maximum atomic E-state index is 10.8. The number of rotatable bonds is 4. The van der Waals surface area contributed by atoms with Gasteiger partial charge in [0.15, 0.2) is 6.29 Å². The van der Waals surface area contributed by atoms with E-state index < -0.39 is 0 Å². The predicted octanol–water partition coefficient (Wildman–Crippen LogP) is 3.67. The highest BCUT2D eigenvalue weighted by Gasteiger charge is 2.19. The molecule has 1 saturated heterocycles. The first-order chi connectivity index (χ1) is 10.7. The van der Waals surface area contributed by atoms with Crippen LogP contribution in [0, 0.1) is 5.21 Å². The van der Waals surface area contributed by atoms with Crippen LogP contribution >= 0.6 is 11.6 Å². The number of hydrogen-bond donors (Lipinski definition) is 2. The Bertz CT molecular complexity index is 675. The van der Waals surface area contributed by atoms with Gasteiger partial charge in [0.25, 0.3) is 0 Å². The molecule has 0 aromatic heterocycles. The third-order valence-electron chi connectivity index (χ3n) is 3.21. The van der Waals surface area contributed by atoms with Crippen LogP contribution in [0.3, 0.4) is 0 Å². The second-order valence-electron chi connectivity index (χ2n) is 4.72. The maximum absolute atomic E-state index is 10.8. The van der Waals surface area contributed by atoms with Crippen molar-refractivity contribution in [3.63, 3.8) is 0 Å². The van der Waals surface area contributed by atoms with Gasteiger partial charge < -0.3 is 30.6 Å². The van der Waals surface area contributed by atoms with Gasteiger partial charge in [-0.15, -0.1) is 0 Å². The van der Waals surface area contributed by atoms with Gasteiger partial charge in [-0.2, -0.15) is 0 Å². The Hall–Kier alpha value is -1.99. The Kier molecular flexibility index (Phi) is 4.35. The zero-order valence-corrected chi connectivity index (χ0v) is 12.3. The molecule has 2 aromatic carbocycles. The molecule has 0 bridgehead atoms. The minimum atomic E-state index is -0.390. The van der Waals surface area contributed by atoms with Gasteiger partial charge >= 0.3 is 0 Å². The van der Waals surface area contributed by atoms with Crippen LogP contribution in [0.1, 0.15) is 11.9 Å². The van der Waals surface area contributed by atoms with Crippen molar-refractivity contribution in [3.8, 4) is 11.5 Å². The number of benzene rings is 2. The quantitative estimate of drug-likeness (QED) is 0.659. The normalized spacial score (nSPS) is 15.0. The van der Waals surface area contributed by atoms with Crippen LogP contribution in [0.25, 0.3) is 0 Å². The van der Waals surface area contributed by atoms with Crippen LogP contribution < -0.4 is 16.0 Å².